The van der Waals surface area contributed by atoms with Gasteiger partial charge >= 0.3 is 0 Å². The number of hydrogen-bond acceptors (Lipinski definition) is 4. The van der Waals surface area contributed by atoms with Gasteiger partial charge in [-0.05, 0) is 57.5 Å². The number of benzene rings is 2. The van der Waals surface area contributed by atoms with Crippen molar-refractivity contribution in [3.05, 3.63) is 71.9 Å². The van der Waals surface area contributed by atoms with Gasteiger partial charge in [-0.15, -0.1) is 0 Å². The predicted molar refractivity (Wildman–Crippen MR) is 113 cm³/mol. The van der Waals surface area contributed by atoms with Gasteiger partial charge in [0.05, 0.1) is 11.2 Å². The van der Waals surface area contributed by atoms with Crippen molar-refractivity contribution < 1.29 is 14.3 Å². The van der Waals surface area contributed by atoms with Gasteiger partial charge in [0.25, 0.3) is 5.91 Å². The first-order chi connectivity index (χ1) is 13.8. The number of rotatable bonds is 7. The van der Waals surface area contributed by atoms with Gasteiger partial charge in [-0.3, -0.25) is 4.79 Å². The highest BCUT2D eigenvalue weighted by molar-refractivity contribution is 5.91. The van der Waals surface area contributed by atoms with Gasteiger partial charge in [0.15, 0.2) is 6.61 Å². The molecule has 0 unspecified atom stereocenters. The summed E-state index contributed by atoms with van der Waals surface area (Å²) in [6.45, 7) is 8.42. The van der Waals surface area contributed by atoms with E-state index in [2.05, 4.69) is 10.4 Å². The van der Waals surface area contributed by atoms with E-state index in [0.717, 1.165) is 17.0 Å². The molecule has 1 N–H and O–H groups in total. The molecule has 0 radical (unpaired) electrons. The second-order valence-corrected chi connectivity index (χ2v) is 7.84. The zero-order valence-corrected chi connectivity index (χ0v) is 17.3. The summed E-state index contributed by atoms with van der Waals surface area (Å²) in [5.41, 5.74) is 1.73. The number of anilines is 1. The van der Waals surface area contributed by atoms with E-state index in [1.165, 1.54) is 0 Å². The third-order valence-corrected chi connectivity index (χ3v) is 4.18. The van der Waals surface area contributed by atoms with Crippen molar-refractivity contribution in [3.63, 3.8) is 0 Å². The van der Waals surface area contributed by atoms with Crippen molar-refractivity contribution in [1.29, 1.82) is 0 Å². The molecule has 0 bridgehead atoms. The minimum atomic E-state index is -0.236. The standard InChI is InChI=1S/C23H27N3O3/c1-17-14-21(26(25-17)23(2,3)4)24-22(27)16-29-20-12-10-19(11-13-20)28-15-18-8-6-5-7-9-18/h5-14H,15-16H2,1-4H3,(H,24,27). The first-order valence-corrected chi connectivity index (χ1v) is 9.58. The molecule has 6 nitrogen and oxygen atoms in total. The van der Waals surface area contributed by atoms with E-state index in [-0.39, 0.29) is 18.1 Å². The molecule has 1 amide bonds. The Morgan fingerprint density at radius 2 is 1.62 bits per heavy atom. The number of nitrogens with one attached hydrogen (secondary N) is 1. The van der Waals surface area contributed by atoms with Crippen LogP contribution in [0.1, 0.15) is 32.0 Å². The Balaban J connectivity index is 1.50. The molecule has 0 atom stereocenters. The van der Waals surface area contributed by atoms with Crippen LogP contribution in [0.5, 0.6) is 11.5 Å². The van der Waals surface area contributed by atoms with Crippen molar-refractivity contribution in [2.75, 3.05) is 11.9 Å². The van der Waals surface area contributed by atoms with Crippen LogP contribution in [0.4, 0.5) is 5.82 Å². The summed E-state index contributed by atoms with van der Waals surface area (Å²) in [5.74, 6) is 1.77. The second-order valence-electron chi connectivity index (χ2n) is 7.84. The van der Waals surface area contributed by atoms with E-state index < -0.39 is 0 Å². The minimum absolute atomic E-state index is 0.0847. The van der Waals surface area contributed by atoms with Crippen LogP contribution in [0.25, 0.3) is 0 Å². The Morgan fingerprint density at radius 1 is 1.00 bits per heavy atom. The zero-order chi connectivity index (χ0) is 20.9. The summed E-state index contributed by atoms with van der Waals surface area (Å²) in [6, 6.07) is 19.1. The molecule has 3 aromatic rings. The van der Waals surface area contributed by atoms with Crippen molar-refractivity contribution >= 4 is 11.7 Å². The zero-order valence-electron chi connectivity index (χ0n) is 17.3. The first-order valence-electron chi connectivity index (χ1n) is 9.58. The lowest BCUT2D eigenvalue weighted by Crippen LogP contribution is -2.28. The van der Waals surface area contributed by atoms with Crippen LogP contribution in [-0.4, -0.2) is 22.3 Å². The number of carbonyl (C=O) groups is 1. The summed E-state index contributed by atoms with van der Waals surface area (Å²) < 4.78 is 13.2. The molecule has 0 aliphatic heterocycles. The molecular formula is C23H27N3O3. The monoisotopic (exact) mass is 393 g/mol. The van der Waals surface area contributed by atoms with Crippen LogP contribution < -0.4 is 14.8 Å². The fourth-order valence-electron chi connectivity index (χ4n) is 2.80. The molecule has 0 fully saturated rings. The normalized spacial score (nSPS) is 11.2. The lowest BCUT2D eigenvalue weighted by atomic mass is 10.1. The summed E-state index contributed by atoms with van der Waals surface area (Å²) in [5, 5.41) is 7.32. The van der Waals surface area contributed by atoms with E-state index in [4.69, 9.17) is 9.47 Å². The average Bonchev–Trinajstić information content (AvgIpc) is 3.07. The van der Waals surface area contributed by atoms with E-state index in [1.807, 2.05) is 76.2 Å². The Hall–Kier alpha value is -3.28. The van der Waals surface area contributed by atoms with Gasteiger partial charge in [-0.2, -0.15) is 5.10 Å². The topological polar surface area (TPSA) is 65.4 Å². The maximum Gasteiger partial charge on any atom is 0.263 e. The molecule has 0 saturated carbocycles. The lowest BCUT2D eigenvalue weighted by molar-refractivity contribution is -0.118. The summed E-state index contributed by atoms with van der Waals surface area (Å²) >= 11 is 0. The van der Waals surface area contributed by atoms with Crippen LogP contribution in [-0.2, 0) is 16.9 Å². The van der Waals surface area contributed by atoms with Crippen molar-refractivity contribution in [2.45, 2.75) is 39.8 Å². The number of ether oxygens (including phenoxy) is 2. The van der Waals surface area contributed by atoms with Crippen LogP contribution >= 0.6 is 0 Å². The Bertz CT molecular complexity index is 942. The molecule has 2 aromatic carbocycles. The third kappa shape index (κ3) is 5.85. The largest absolute Gasteiger partial charge is 0.489 e. The van der Waals surface area contributed by atoms with Crippen molar-refractivity contribution in [3.8, 4) is 11.5 Å². The SMILES string of the molecule is Cc1cc(NC(=O)COc2ccc(OCc3ccccc3)cc2)n(C(C)(C)C)n1. The summed E-state index contributed by atoms with van der Waals surface area (Å²) in [7, 11) is 0. The highest BCUT2D eigenvalue weighted by Crippen LogP contribution is 2.22. The summed E-state index contributed by atoms with van der Waals surface area (Å²) in [4.78, 5) is 12.3. The molecule has 6 heteroatoms. The van der Waals surface area contributed by atoms with Crippen LogP contribution in [0.2, 0.25) is 0 Å². The van der Waals surface area contributed by atoms with E-state index in [0.29, 0.717) is 18.2 Å². The Morgan fingerprint density at radius 3 is 2.24 bits per heavy atom. The van der Waals surface area contributed by atoms with Crippen LogP contribution in [0.3, 0.4) is 0 Å². The van der Waals surface area contributed by atoms with Crippen LogP contribution in [0.15, 0.2) is 60.7 Å². The molecule has 0 spiro atoms. The molecule has 1 aromatic heterocycles. The van der Waals surface area contributed by atoms with Gasteiger partial charge in [-0.25, -0.2) is 4.68 Å². The summed E-state index contributed by atoms with van der Waals surface area (Å²) in [6.07, 6.45) is 0. The Kier molecular flexibility index (Phi) is 6.22. The Labute approximate surface area is 171 Å². The maximum absolute atomic E-state index is 12.3. The number of nitrogens with zero attached hydrogens (tertiary/aromatic N) is 2. The number of aromatic nitrogens is 2. The number of hydrogen-bond donors (Lipinski definition) is 1. The average molecular weight is 393 g/mol. The first kappa shape index (κ1) is 20.5. The molecule has 0 aliphatic rings. The third-order valence-electron chi connectivity index (χ3n) is 4.18. The van der Waals surface area contributed by atoms with Crippen LogP contribution in [0, 0.1) is 6.92 Å². The van der Waals surface area contributed by atoms with Gasteiger partial charge in [0.1, 0.15) is 23.9 Å². The molecule has 3 rings (SSSR count). The predicted octanol–water partition coefficient (Wildman–Crippen LogP) is 4.54. The smallest absolute Gasteiger partial charge is 0.263 e. The minimum Gasteiger partial charge on any atom is -0.489 e. The maximum atomic E-state index is 12.3. The van der Waals surface area contributed by atoms with Crippen molar-refractivity contribution in [2.24, 2.45) is 0 Å². The fourth-order valence-corrected chi connectivity index (χ4v) is 2.80. The van der Waals surface area contributed by atoms with Gasteiger partial charge in [-0.1, -0.05) is 30.3 Å². The molecular weight excluding hydrogens is 366 g/mol. The number of carbonyl (C=O) groups excluding carboxylic acids is 1. The molecule has 29 heavy (non-hydrogen) atoms. The molecule has 152 valence electrons. The van der Waals surface area contributed by atoms with Crippen molar-refractivity contribution in [1.82, 2.24) is 9.78 Å². The highest BCUT2D eigenvalue weighted by atomic mass is 16.5. The van der Waals surface area contributed by atoms with E-state index in [9.17, 15) is 4.79 Å². The second kappa shape index (κ2) is 8.82. The van der Waals surface area contributed by atoms with E-state index in [1.54, 1.807) is 16.8 Å². The molecule has 0 aliphatic carbocycles. The molecule has 0 saturated heterocycles. The molecule has 1 heterocycles. The van der Waals surface area contributed by atoms with Gasteiger partial charge in [0, 0.05) is 6.07 Å². The number of amides is 1. The fraction of sp³-hybridized carbons (Fsp3) is 0.304. The van der Waals surface area contributed by atoms with Gasteiger partial charge < -0.3 is 14.8 Å². The highest BCUT2D eigenvalue weighted by Gasteiger charge is 2.20. The number of aryl methyl sites for hydroxylation is 1. The lowest BCUT2D eigenvalue weighted by Gasteiger charge is -2.22. The van der Waals surface area contributed by atoms with E-state index >= 15 is 0 Å². The quantitative estimate of drug-likeness (QED) is 0.640. The van der Waals surface area contributed by atoms with Gasteiger partial charge in [0.2, 0.25) is 0 Å².